The van der Waals surface area contributed by atoms with Crippen LogP contribution < -0.4 is 10.6 Å². The summed E-state index contributed by atoms with van der Waals surface area (Å²) in [7, 11) is 1.53. The van der Waals surface area contributed by atoms with Crippen LogP contribution in [0.3, 0.4) is 0 Å². The lowest BCUT2D eigenvalue weighted by Crippen LogP contribution is -2.45. The van der Waals surface area contributed by atoms with Crippen molar-refractivity contribution in [3.05, 3.63) is 46.7 Å². The molecule has 33 heavy (non-hydrogen) atoms. The molecule has 1 aromatic rings. The second kappa shape index (κ2) is 9.05. The molecule has 3 aliphatic heterocycles. The highest BCUT2D eigenvalue weighted by Crippen LogP contribution is 2.37. The second-order valence-corrected chi connectivity index (χ2v) is 8.34. The molecule has 178 valence electrons. The second-order valence-electron chi connectivity index (χ2n) is 8.34. The molecule has 2 N–H and O–H groups in total. The van der Waals surface area contributed by atoms with E-state index in [9.17, 15) is 27.6 Å². The molecule has 0 spiro atoms. The van der Waals surface area contributed by atoms with Crippen LogP contribution in [0.5, 0.6) is 0 Å². The van der Waals surface area contributed by atoms with Gasteiger partial charge >= 0.3 is 12.2 Å². The highest BCUT2D eigenvalue weighted by atomic mass is 19.4. The predicted octanol–water partition coefficient (Wildman–Crippen LogP) is 2.18. The van der Waals surface area contributed by atoms with Gasteiger partial charge in [0, 0.05) is 33.2 Å². The fourth-order valence-electron chi connectivity index (χ4n) is 4.28. The first-order chi connectivity index (χ1) is 15.6. The third-order valence-electron chi connectivity index (χ3n) is 6.17. The first kappa shape index (κ1) is 23.1. The number of halogens is 3. The number of hydrogen-bond donors (Lipinski definition) is 2. The van der Waals surface area contributed by atoms with Crippen molar-refractivity contribution in [2.75, 3.05) is 33.3 Å². The third-order valence-corrected chi connectivity index (χ3v) is 6.17. The summed E-state index contributed by atoms with van der Waals surface area (Å²) in [5.74, 6) is -0.557. The monoisotopic (exact) mass is 466 g/mol. The highest BCUT2D eigenvalue weighted by molar-refractivity contribution is 6.01. The van der Waals surface area contributed by atoms with Crippen molar-refractivity contribution in [2.45, 2.75) is 37.6 Å². The number of rotatable bonds is 6. The van der Waals surface area contributed by atoms with Gasteiger partial charge in [-0.2, -0.15) is 13.2 Å². The molecule has 3 heterocycles. The van der Waals surface area contributed by atoms with E-state index in [-0.39, 0.29) is 37.4 Å². The molecule has 0 unspecified atom stereocenters. The Labute approximate surface area is 188 Å². The molecule has 0 bridgehead atoms. The average molecular weight is 466 g/mol. The number of nitrogens with zero attached hydrogens (tertiary/aromatic N) is 2. The molecule has 4 rings (SSSR count). The minimum absolute atomic E-state index is 0.0200. The fraction of sp³-hybridized carbons (Fsp3) is 0.500. The lowest BCUT2D eigenvalue weighted by molar-refractivity contribution is -0.137. The Morgan fingerprint density at radius 1 is 1.24 bits per heavy atom. The first-order valence-corrected chi connectivity index (χ1v) is 10.8. The molecule has 0 aliphatic carbocycles. The van der Waals surface area contributed by atoms with Gasteiger partial charge in [-0.15, -0.1) is 0 Å². The summed E-state index contributed by atoms with van der Waals surface area (Å²) in [4.78, 5) is 40.6. The van der Waals surface area contributed by atoms with Crippen LogP contribution in [0, 0.1) is 0 Å². The van der Waals surface area contributed by atoms with Crippen LogP contribution in [0.2, 0.25) is 0 Å². The van der Waals surface area contributed by atoms with Crippen molar-refractivity contribution in [1.82, 2.24) is 20.4 Å². The molecule has 8 nitrogen and oxygen atoms in total. The van der Waals surface area contributed by atoms with Crippen LogP contribution in [0.4, 0.5) is 18.0 Å². The lowest BCUT2D eigenvalue weighted by Gasteiger charge is -2.31. The molecule has 2 atom stereocenters. The number of carbonyl (C=O) groups excluding carboxylic acids is 3. The minimum Gasteiger partial charge on any atom is -0.376 e. The van der Waals surface area contributed by atoms with Crippen LogP contribution in [0.1, 0.15) is 36.4 Å². The van der Waals surface area contributed by atoms with Crippen LogP contribution >= 0.6 is 0 Å². The lowest BCUT2D eigenvalue weighted by atomic mass is 9.95. The van der Waals surface area contributed by atoms with Crippen molar-refractivity contribution < 1.29 is 32.3 Å². The van der Waals surface area contributed by atoms with E-state index in [0.29, 0.717) is 30.0 Å². The summed E-state index contributed by atoms with van der Waals surface area (Å²) in [6, 6.07) is 3.06. The molecule has 0 saturated carbocycles. The van der Waals surface area contributed by atoms with Gasteiger partial charge in [0.05, 0.1) is 35.5 Å². The molecule has 1 aromatic carbocycles. The molecular formula is C22H25F3N4O4. The van der Waals surface area contributed by atoms with Crippen molar-refractivity contribution in [2.24, 2.45) is 0 Å². The Bertz CT molecular complexity index is 971. The number of likely N-dealkylation sites (N-methyl/N-ethyl adjacent to an activating group) is 1. The molecule has 11 heteroatoms. The molecule has 1 fully saturated rings. The number of ether oxygens (including phenoxy) is 1. The van der Waals surface area contributed by atoms with Crippen molar-refractivity contribution in [3.8, 4) is 0 Å². The van der Waals surface area contributed by atoms with Gasteiger partial charge in [0.25, 0.3) is 5.91 Å². The van der Waals surface area contributed by atoms with Crippen molar-refractivity contribution in [3.63, 3.8) is 0 Å². The van der Waals surface area contributed by atoms with E-state index < -0.39 is 23.8 Å². The Balaban J connectivity index is 1.44. The smallest absolute Gasteiger partial charge is 0.376 e. The predicted molar refractivity (Wildman–Crippen MR) is 111 cm³/mol. The SMILES string of the molecule is CN1C(=O)N[C@@H](c2ccc(C(F)(F)F)cc2)C2=C1CN(CCC(=O)NC[C@H]1CCCO1)C2=O. The van der Waals surface area contributed by atoms with Crippen LogP contribution in [0.25, 0.3) is 0 Å². The van der Waals surface area contributed by atoms with E-state index in [1.54, 1.807) is 0 Å². The van der Waals surface area contributed by atoms with Gasteiger partial charge in [-0.1, -0.05) is 12.1 Å². The molecule has 1 saturated heterocycles. The Hall–Kier alpha value is -3.08. The average Bonchev–Trinajstić information content (AvgIpc) is 3.41. The van der Waals surface area contributed by atoms with Gasteiger partial charge in [0.15, 0.2) is 0 Å². The molecule has 0 radical (unpaired) electrons. The van der Waals surface area contributed by atoms with E-state index >= 15 is 0 Å². The van der Waals surface area contributed by atoms with Gasteiger partial charge in [-0.3, -0.25) is 14.5 Å². The van der Waals surface area contributed by atoms with E-state index in [1.165, 1.54) is 29.0 Å². The minimum atomic E-state index is -4.48. The number of hydrogen-bond acceptors (Lipinski definition) is 4. The summed E-state index contributed by atoms with van der Waals surface area (Å²) < 4.78 is 44.2. The number of urea groups is 1. The number of carbonyl (C=O) groups is 3. The first-order valence-electron chi connectivity index (χ1n) is 10.8. The topological polar surface area (TPSA) is 91.0 Å². The Morgan fingerprint density at radius 3 is 2.61 bits per heavy atom. The normalized spacial score (nSPS) is 23.2. The van der Waals surface area contributed by atoms with E-state index in [4.69, 9.17) is 4.74 Å². The van der Waals surface area contributed by atoms with Crippen molar-refractivity contribution >= 4 is 17.8 Å². The zero-order valence-electron chi connectivity index (χ0n) is 18.1. The standard InChI is InChI=1S/C22H25F3N4O4/c1-28-16-12-29(9-8-17(30)26-11-15-3-2-10-33-15)20(31)18(16)19(27-21(28)32)13-4-6-14(7-5-13)22(23,24)25/h4-7,15,19H,2-3,8-12H2,1H3,(H,26,30)(H,27,32)/t15-,19+/m1/s1. The van der Waals surface area contributed by atoms with E-state index in [0.717, 1.165) is 25.0 Å². The fourth-order valence-corrected chi connectivity index (χ4v) is 4.28. The molecule has 3 aliphatic rings. The van der Waals surface area contributed by atoms with E-state index in [2.05, 4.69) is 10.6 Å². The molecular weight excluding hydrogens is 441 g/mol. The maximum absolute atomic E-state index is 13.1. The largest absolute Gasteiger partial charge is 0.416 e. The van der Waals surface area contributed by atoms with Crippen LogP contribution in [-0.4, -0.2) is 67.0 Å². The van der Waals surface area contributed by atoms with Crippen LogP contribution in [-0.2, 0) is 20.5 Å². The van der Waals surface area contributed by atoms with Gasteiger partial charge in [0.1, 0.15) is 0 Å². The quantitative estimate of drug-likeness (QED) is 0.673. The zero-order chi connectivity index (χ0) is 23.8. The van der Waals surface area contributed by atoms with Crippen molar-refractivity contribution in [1.29, 1.82) is 0 Å². The third kappa shape index (κ3) is 4.82. The number of amides is 4. The summed E-state index contributed by atoms with van der Waals surface area (Å²) in [5, 5.41) is 5.50. The van der Waals surface area contributed by atoms with E-state index in [1.807, 2.05) is 0 Å². The maximum Gasteiger partial charge on any atom is 0.416 e. The summed E-state index contributed by atoms with van der Waals surface area (Å²) >= 11 is 0. The number of benzene rings is 1. The summed E-state index contributed by atoms with van der Waals surface area (Å²) in [6.07, 6.45) is -2.49. The van der Waals surface area contributed by atoms with Gasteiger partial charge in [-0.05, 0) is 30.5 Å². The Morgan fingerprint density at radius 2 is 1.97 bits per heavy atom. The molecule has 0 aromatic heterocycles. The summed E-state index contributed by atoms with van der Waals surface area (Å²) in [6.45, 7) is 1.43. The maximum atomic E-state index is 13.1. The summed E-state index contributed by atoms with van der Waals surface area (Å²) in [5.41, 5.74) is 0.347. The van der Waals surface area contributed by atoms with Gasteiger partial charge in [0.2, 0.25) is 5.91 Å². The highest BCUT2D eigenvalue weighted by Gasteiger charge is 2.43. The number of nitrogens with one attached hydrogen (secondary N) is 2. The zero-order valence-corrected chi connectivity index (χ0v) is 18.1. The van der Waals surface area contributed by atoms with Crippen LogP contribution in [0.15, 0.2) is 35.5 Å². The van der Waals surface area contributed by atoms with Gasteiger partial charge < -0.3 is 20.3 Å². The Kier molecular flexibility index (Phi) is 6.33. The number of alkyl halides is 3. The molecule has 4 amide bonds. The van der Waals surface area contributed by atoms with Gasteiger partial charge in [-0.25, -0.2) is 4.79 Å².